The van der Waals surface area contributed by atoms with Gasteiger partial charge in [-0.25, -0.2) is 0 Å². The van der Waals surface area contributed by atoms with Gasteiger partial charge in [-0.15, -0.1) is 0 Å². The Kier molecular flexibility index (Phi) is 4.06. The third-order valence-electron chi connectivity index (χ3n) is 4.63. The lowest BCUT2D eigenvalue weighted by atomic mass is 9.82. The summed E-state index contributed by atoms with van der Waals surface area (Å²) in [6.07, 6.45) is 4.08. The molecule has 3 rings (SSSR count). The molecule has 2 aliphatic rings. The fourth-order valence-electron chi connectivity index (χ4n) is 3.48. The van der Waals surface area contributed by atoms with Crippen molar-refractivity contribution in [3.63, 3.8) is 0 Å². The van der Waals surface area contributed by atoms with Gasteiger partial charge in [0.25, 0.3) is 0 Å². The maximum atomic E-state index is 12.4. The molecule has 1 aliphatic heterocycles. The van der Waals surface area contributed by atoms with E-state index in [0.29, 0.717) is 17.9 Å². The van der Waals surface area contributed by atoms with Crippen LogP contribution in [0.3, 0.4) is 0 Å². The first-order valence-electron chi connectivity index (χ1n) is 7.80. The predicted octanol–water partition coefficient (Wildman–Crippen LogP) is 2.00. The zero-order valence-electron chi connectivity index (χ0n) is 12.3. The molecule has 20 heavy (non-hydrogen) atoms. The maximum Gasteiger partial charge on any atom is 0.222 e. The van der Waals surface area contributed by atoms with Crippen molar-refractivity contribution in [2.24, 2.45) is 5.92 Å². The molecule has 1 fully saturated rings. The summed E-state index contributed by atoms with van der Waals surface area (Å²) in [4.78, 5) is 14.5. The first-order chi connectivity index (χ1) is 9.72. The number of hydrogen-bond acceptors (Lipinski definition) is 2. The minimum Gasteiger partial charge on any atom is -0.340 e. The molecular formula is C17H24N2O. The van der Waals surface area contributed by atoms with Crippen LogP contribution in [0, 0.1) is 5.92 Å². The largest absolute Gasteiger partial charge is 0.340 e. The minimum atomic E-state index is 0.350. The highest BCUT2D eigenvalue weighted by Crippen LogP contribution is 2.27. The molecule has 3 heteroatoms. The van der Waals surface area contributed by atoms with Crippen molar-refractivity contribution in [3.05, 3.63) is 35.4 Å². The number of piperazine rings is 1. The Morgan fingerprint density at radius 2 is 2.15 bits per heavy atom. The zero-order valence-corrected chi connectivity index (χ0v) is 12.3. The van der Waals surface area contributed by atoms with E-state index in [1.54, 1.807) is 0 Å². The van der Waals surface area contributed by atoms with Gasteiger partial charge in [0.15, 0.2) is 0 Å². The Hall–Kier alpha value is -1.35. The molecule has 0 radical (unpaired) electrons. The lowest BCUT2D eigenvalue weighted by Gasteiger charge is -2.33. The number of nitrogens with zero attached hydrogens (tertiary/aromatic N) is 1. The molecule has 0 saturated carbocycles. The van der Waals surface area contributed by atoms with Gasteiger partial charge < -0.3 is 10.2 Å². The summed E-state index contributed by atoms with van der Waals surface area (Å²) < 4.78 is 0. The molecule has 1 saturated heterocycles. The van der Waals surface area contributed by atoms with Crippen molar-refractivity contribution in [1.29, 1.82) is 0 Å². The Balaban J connectivity index is 1.58. The van der Waals surface area contributed by atoms with Gasteiger partial charge in [-0.1, -0.05) is 24.3 Å². The number of aryl methyl sites for hydroxylation is 1. The average Bonchev–Trinajstić information content (AvgIpc) is 2.47. The van der Waals surface area contributed by atoms with E-state index in [1.807, 2.05) is 4.90 Å². The quantitative estimate of drug-likeness (QED) is 0.893. The van der Waals surface area contributed by atoms with E-state index < -0.39 is 0 Å². The highest BCUT2D eigenvalue weighted by molar-refractivity contribution is 5.76. The van der Waals surface area contributed by atoms with Gasteiger partial charge in [-0.2, -0.15) is 0 Å². The van der Waals surface area contributed by atoms with E-state index in [1.165, 1.54) is 11.1 Å². The lowest BCUT2D eigenvalue weighted by Crippen LogP contribution is -2.51. The van der Waals surface area contributed by atoms with Crippen LogP contribution in [0.2, 0.25) is 0 Å². The van der Waals surface area contributed by atoms with Crippen LogP contribution in [0.4, 0.5) is 0 Å². The second-order valence-electron chi connectivity index (χ2n) is 6.28. The van der Waals surface area contributed by atoms with Gasteiger partial charge in [0.1, 0.15) is 0 Å². The Bertz CT molecular complexity index is 486. The van der Waals surface area contributed by atoms with E-state index in [-0.39, 0.29) is 0 Å². The van der Waals surface area contributed by atoms with Crippen LogP contribution in [0.1, 0.15) is 30.9 Å². The molecule has 0 bridgehead atoms. The van der Waals surface area contributed by atoms with Crippen molar-refractivity contribution in [2.75, 3.05) is 19.6 Å². The molecule has 1 heterocycles. The van der Waals surface area contributed by atoms with Crippen LogP contribution >= 0.6 is 0 Å². The van der Waals surface area contributed by atoms with Gasteiger partial charge >= 0.3 is 0 Å². The first-order valence-corrected chi connectivity index (χ1v) is 7.80. The van der Waals surface area contributed by atoms with Crippen molar-refractivity contribution < 1.29 is 4.79 Å². The Morgan fingerprint density at radius 1 is 1.35 bits per heavy atom. The van der Waals surface area contributed by atoms with Gasteiger partial charge in [0, 0.05) is 32.1 Å². The molecule has 108 valence electrons. The smallest absolute Gasteiger partial charge is 0.222 e. The number of nitrogens with one attached hydrogen (secondary N) is 1. The molecule has 1 N–H and O–H groups in total. The van der Waals surface area contributed by atoms with Gasteiger partial charge in [-0.3, -0.25) is 4.79 Å². The average molecular weight is 272 g/mol. The molecule has 1 aromatic rings. The normalized spacial score (nSPS) is 26.1. The topological polar surface area (TPSA) is 32.3 Å². The molecule has 2 unspecified atom stereocenters. The van der Waals surface area contributed by atoms with E-state index in [9.17, 15) is 4.79 Å². The third-order valence-corrected chi connectivity index (χ3v) is 4.63. The molecule has 3 nitrogen and oxygen atoms in total. The van der Waals surface area contributed by atoms with E-state index >= 15 is 0 Å². The van der Waals surface area contributed by atoms with Crippen LogP contribution in [0.5, 0.6) is 0 Å². The summed E-state index contributed by atoms with van der Waals surface area (Å²) in [6.45, 7) is 4.81. The number of hydrogen-bond donors (Lipinski definition) is 1. The predicted molar refractivity (Wildman–Crippen MR) is 80.6 cm³/mol. The standard InChI is InChI=1S/C17H24N2O/c1-13-12-19(9-8-18-13)17(20)11-14-6-7-15-4-2-3-5-16(15)10-14/h2-5,13-14,18H,6-12H2,1H3. The lowest BCUT2D eigenvalue weighted by molar-refractivity contribution is -0.133. The molecule has 1 aromatic carbocycles. The maximum absolute atomic E-state index is 12.4. The molecule has 0 aromatic heterocycles. The van der Waals surface area contributed by atoms with Crippen molar-refractivity contribution in [2.45, 2.75) is 38.6 Å². The highest BCUT2D eigenvalue weighted by Gasteiger charge is 2.25. The monoisotopic (exact) mass is 272 g/mol. The summed E-state index contributed by atoms with van der Waals surface area (Å²) >= 11 is 0. The van der Waals surface area contributed by atoms with Crippen molar-refractivity contribution >= 4 is 5.91 Å². The van der Waals surface area contributed by atoms with Crippen molar-refractivity contribution in [3.8, 4) is 0 Å². The molecule has 1 aliphatic carbocycles. The summed E-state index contributed by atoms with van der Waals surface area (Å²) in [5.74, 6) is 0.880. The van der Waals surface area contributed by atoms with E-state index in [4.69, 9.17) is 0 Å². The van der Waals surface area contributed by atoms with Crippen LogP contribution in [-0.2, 0) is 17.6 Å². The summed E-state index contributed by atoms with van der Waals surface area (Å²) in [6, 6.07) is 9.11. The fraction of sp³-hybridized carbons (Fsp3) is 0.588. The van der Waals surface area contributed by atoms with Crippen LogP contribution < -0.4 is 5.32 Å². The first kappa shape index (κ1) is 13.6. The van der Waals surface area contributed by atoms with Crippen molar-refractivity contribution in [1.82, 2.24) is 10.2 Å². The molecule has 1 amide bonds. The number of fused-ring (bicyclic) bond motifs is 1. The van der Waals surface area contributed by atoms with Crippen LogP contribution in [0.15, 0.2) is 24.3 Å². The second kappa shape index (κ2) is 5.96. The summed E-state index contributed by atoms with van der Waals surface area (Å²) in [5, 5.41) is 3.39. The summed E-state index contributed by atoms with van der Waals surface area (Å²) in [5.41, 5.74) is 2.93. The second-order valence-corrected chi connectivity index (χ2v) is 6.28. The van der Waals surface area contributed by atoms with E-state index in [2.05, 4.69) is 36.5 Å². The molecular weight excluding hydrogens is 248 g/mol. The third kappa shape index (κ3) is 3.04. The highest BCUT2D eigenvalue weighted by atomic mass is 16.2. The minimum absolute atomic E-state index is 0.350. The summed E-state index contributed by atoms with van der Waals surface area (Å²) in [7, 11) is 0. The zero-order chi connectivity index (χ0) is 13.9. The van der Waals surface area contributed by atoms with Gasteiger partial charge in [0.2, 0.25) is 5.91 Å². The number of carbonyl (C=O) groups is 1. The number of carbonyl (C=O) groups excluding carboxylic acids is 1. The van der Waals surface area contributed by atoms with E-state index in [0.717, 1.165) is 45.3 Å². The van der Waals surface area contributed by atoms with Gasteiger partial charge in [-0.05, 0) is 43.2 Å². The van der Waals surface area contributed by atoms with Crippen LogP contribution in [-0.4, -0.2) is 36.5 Å². The fourth-order valence-corrected chi connectivity index (χ4v) is 3.48. The number of benzene rings is 1. The SMILES string of the molecule is CC1CN(C(=O)CC2CCc3ccccc3C2)CCN1. The number of rotatable bonds is 2. The molecule has 0 spiro atoms. The Morgan fingerprint density at radius 3 is 2.95 bits per heavy atom. The molecule has 2 atom stereocenters. The Labute approximate surface area is 121 Å². The number of amides is 1. The van der Waals surface area contributed by atoms with Gasteiger partial charge in [0.05, 0.1) is 0 Å². The van der Waals surface area contributed by atoms with Crippen LogP contribution in [0.25, 0.3) is 0 Å².